The van der Waals surface area contributed by atoms with Crippen LogP contribution in [0, 0.1) is 0 Å². The Morgan fingerprint density at radius 2 is 1.50 bits per heavy atom. The summed E-state index contributed by atoms with van der Waals surface area (Å²) >= 11 is 0. The van der Waals surface area contributed by atoms with Crippen LogP contribution in [0.3, 0.4) is 0 Å². The summed E-state index contributed by atoms with van der Waals surface area (Å²) in [6.45, 7) is 1.70. The van der Waals surface area contributed by atoms with Crippen molar-refractivity contribution in [3.8, 4) is 0 Å². The van der Waals surface area contributed by atoms with Gasteiger partial charge in [-0.2, -0.15) is 0 Å². The maximum Gasteiger partial charge on any atom is 0.385 e. The normalized spacial score (nSPS) is 15.2. The molecule has 0 aromatic heterocycles. The van der Waals surface area contributed by atoms with Gasteiger partial charge in [-0.3, -0.25) is 9.79 Å². The molecule has 0 saturated heterocycles. The van der Waals surface area contributed by atoms with Crippen molar-refractivity contribution in [2.75, 3.05) is 0 Å². The first-order chi connectivity index (χ1) is 10.7. The standard InChI is InChI=1S/C18H13NO3/c1-12(19-14-10-6-3-7-11-14)15-16(20)18(21)22-17(15)13-8-4-2-5-9-13/h2-11H,1H3. The number of para-hydroxylation sites is 1. The predicted molar refractivity (Wildman–Crippen MR) is 83.7 cm³/mol. The Hall–Kier alpha value is -3.01. The Morgan fingerprint density at radius 1 is 0.909 bits per heavy atom. The van der Waals surface area contributed by atoms with Crippen LogP contribution in [0.1, 0.15) is 12.5 Å². The monoisotopic (exact) mass is 291 g/mol. The number of hydrogen-bond acceptors (Lipinski definition) is 4. The Labute approximate surface area is 127 Å². The number of hydrogen-bond donors (Lipinski definition) is 0. The van der Waals surface area contributed by atoms with Crippen LogP contribution in [-0.2, 0) is 14.3 Å². The topological polar surface area (TPSA) is 55.7 Å². The molecule has 4 heteroatoms. The van der Waals surface area contributed by atoms with E-state index in [0.717, 1.165) is 0 Å². The molecule has 0 unspecified atom stereocenters. The van der Waals surface area contributed by atoms with Gasteiger partial charge < -0.3 is 4.74 Å². The number of Topliss-reactive ketones (excluding diaryl/α,β-unsaturated/α-hetero) is 1. The van der Waals surface area contributed by atoms with Crippen molar-refractivity contribution in [3.05, 3.63) is 71.8 Å². The second kappa shape index (κ2) is 5.77. The van der Waals surface area contributed by atoms with Gasteiger partial charge in [0.25, 0.3) is 5.78 Å². The van der Waals surface area contributed by atoms with Gasteiger partial charge >= 0.3 is 5.97 Å². The maximum atomic E-state index is 12.1. The summed E-state index contributed by atoms with van der Waals surface area (Å²) in [5.41, 5.74) is 2.08. The van der Waals surface area contributed by atoms with E-state index in [1.807, 2.05) is 48.5 Å². The zero-order valence-corrected chi connectivity index (χ0v) is 11.9. The average molecular weight is 291 g/mol. The third-order valence-electron chi connectivity index (χ3n) is 3.29. The summed E-state index contributed by atoms with van der Waals surface area (Å²) in [7, 11) is 0. The van der Waals surface area contributed by atoms with Gasteiger partial charge in [0.2, 0.25) is 0 Å². The number of ketones is 1. The number of esters is 1. The largest absolute Gasteiger partial charge is 0.419 e. The number of carbonyl (C=O) groups is 2. The van der Waals surface area contributed by atoms with E-state index in [1.165, 1.54) is 0 Å². The van der Waals surface area contributed by atoms with Gasteiger partial charge in [0.15, 0.2) is 5.76 Å². The lowest BCUT2D eigenvalue weighted by atomic mass is 10.0. The summed E-state index contributed by atoms with van der Waals surface area (Å²) in [5, 5.41) is 0. The van der Waals surface area contributed by atoms with Gasteiger partial charge in [-0.1, -0.05) is 48.5 Å². The first-order valence-corrected chi connectivity index (χ1v) is 6.84. The molecule has 0 saturated carbocycles. The molecule has 2 aromatic rings. The van der Waals surface area contributed by atoms with E-state index in [4.69, 9.17) is 4.74 Å². The molecule has 0 aliphatic carbocycles. The molecule has 0 fully saturated rings. The number of nitrogens with zero attached hydrogens (tertiary/aromatic N) is 1. The minimum atomic E-state index is -0.864. The van der Waals surface area contributed by atoms with Crippen molar-refractivity contribution in [2.45, 2.75) is 6.92 Å². The van der Waals surface area contributed by atoms with Gasteiger partial charge in [-0.15, -0.1) is 0 Å². The molecule has 0 bridgehead atoms. The smallest absolute Gasteiger partial charge is 0.385 e. The zero-order valence-electron chi connectivity index (χ0n) is 11.9. The van der Waals surface area contributed by atoms with E-state index in [1.54, 1.807) is 19.1 Å². The average Bonchev–Trinajstić information content (AvgIpc) is 2.85. The fourth-order valence-electron chi connectivity index (χ4n) is 2.27. The molecular formula is C18H13NO3. The summed E-state index contributed by atoms with van der Waals surface area (Å²) in [5.74, 6) is -1.25. The van der Waals surface area contributed by atoms with E-state index in [-0.39, 0.29) is 11.3 Å². The van der Waals surface area contributed by atoms with Crippen LogP contribution in [0.25, 0.3) is 5.76 Å². The molecule has 3 rings (SSSR count). The van der Waals surface area contributed by atoms with Gasteiger partial charge in [-0.05, 0) is 19.1 Å². The van der Waals surface area contributed by atoms with Crippen LogP contribution < -0.4 is 0 Å². The first-order valence-electron chi connectivity index (χ1n) is 6.84. The Balaban J connectivity index is 2.10. The van der Waals surface area contributed by atoms with Gasteiger partial charge in [0.1, 0.15) is 0 Å². The third kappa shape index (κ3) is 2.59. The highest BCUT2D eigenvalue weighted by molar-refractivity contribution is 6.53. The van der Waals surface area contributed by atoms with Crippen molar-refractivity contribution in [1.82, 2.24) is 0 Å². The molecule has 0 amide bonds. The first kappa shape index (κ1) is 13.9. The number of benzene rings is 2. The summed E-state index contributed by atoms with van der Waals surface area (Å²) in [6.07, 6.45) is 0. The molecule has 1 aliphatic heterocycles. The van der Waals surface area contributed by atoms with Crippen LogP contribution in [-0.4, -0.2) is 17.5 Å². The lowest BCUT2D eigenvalue weighted by Crippen LogP contribution is -2.13. The number of carbonyl (C=O) groups excluding carboxylic acids is 2. The zero-order chi connectivity index (χ0) is 15.5. The van der Waals surface area contributed by atoms with Crippen molar-refractivity contribution in [3.63, 3.8) is 0 Å². The quantitative estimate of drug-likeness (QED) is 0.495. The van der Waals surface area contributed by atoms with Crippen LogP contribution in [0.4, 0.5) is 5.69 Å². The highest BCUT2D eigenvalue weighted by Gasteiger charge is 2.36. The highest BCUT2D eigenvalue weighted by atomic mass is 16.5. The Morgan fingerprint density at radius 3 is 2.14 bits per heavy atom. The number of aliphatic imine (C=N–C) groups is 1. The van der Waals surface area contributed by atoms with E-state index in [9.17, 15) is 9.59 Å². The second-order valence-electron chi connectivity index (χ2n) is 4.82. The van der Waals surface area contributed by atoms with Crippen molar-refractivity contribution >= 4 is 28.9 Å². The van der Waals surface area contributed by atoms with Gasteiger partial charge in [0, 0.05) is 5.56 Å². The summed E-state index contributed by atoms with van der Waals surface area (Å²) in [6, 6.07) is 18.3. The molecule has 2 aromatic carbocycles. The van der Waals surface area contributed by atoms with Gasteiger partial charge in [0.05, 0.1) is 17.0 Å². The van der Waals surface area contributed by atoms with E-state index < -0.39 is 11.8 Å². The molecule has 0 spiro atoms. The fraction of sp³-hybridized carbons (Fsp3) is 0.0556. The van der Waals surface area contributed by atoms with Crippen molar-refractivity contribution in [1.29, 1.82) is 0 Å². The highest BCUT2D eigenvalue weighted by Crippen LogP contribution is 2.29. The van der Waals surface area contributed by atoms with Crippen molar-refractivity contribution < 1.29 is 14.3 Å². The lowest BCUT2D eigenvalue weighted by molar-refractivity contribution is -0.144. The maximum absolute atomic E-state index is 12.1. The third-order valence-corrected chi connectivity index (χ3v) is 3.29. The number of cyclic esters (lactones) is 1. The summed E-state index contributed by atoms with van der Waals surface area (Å²) < 4.78 is 5.14. The van der Waals surface area contributed by atoms with Gasteiger partial charge in [-0.25, -0.2) is 4.79 Å². The molecular weight excluding hydrogens is 278 g/mol. The van der Waals surface area contributed by atoms with Crippen LogP contribution in [0.5, 0.6) is 0 Å². The van der Waals surface area contributed by atoms with E-state index in [2.05, 4.69) is 4.99 Å². The number of rotatable bonds is 3. The molecule has 0 atom stereocenters. The van der Waals surface area contributed by atoms with E-state index >= 15 is 0 Å². The number of ether oxygens (including phenoxy) is 1. The van der Waals surface area contributed by atoms with Crippen LogP contribution >= 0.6 is 0 Å². The summed E-state index contributed by atoms with van der Waals surface area (Å²) in [4.78, 5) is 28.2. The molecule has 22 heavy (non-hydrogen) atoms. The van der Waals surface area contributed by atoms with Crippen molar-refractivity contribution in [2.24, 2.45) is 4.99 Å². The molecule has 0 radical (unpaired) electrons. The second-order valence-corrected chi connectivity index (χ2v) is 4.82. The molecule has 1 heterocycles. The molecule has 4 nitrogen and oxygen atoms in total. The van der Waals surface area contributed by atoms with E-state index in [0.29, 0.717) is 17.0 Å². The predicted octanol–water partition coefficient (Wildman–Crippen LogP) is 3.32. The molecule has 108 valence electrons. The minimum Gasteiger partial charge on any atom is -0.419 e. The minimum absolute atomic E-state index is 0.222. The SMILES string of the molecule is CC(=Nc1ccccc1)C1=C(c2ccccc2)OC(=O)C1=O. The van der Waals surface area contributed by atoms with Crippen LogP contribution in [0.2, 0.25) is 0 Å². The van der Waals surface area contributed by atoms with Crippen LogP contribution in [0.15, 0.2) is 71.2 Å². The fourth-order valence-corrected chi connectivity index (χ4v) is 2.27. The molecule has 1 aliphatic rings. The Kier molecular flexibility index (Phi) is 3.66. The lowest BCUT2D eigenvalue weighted by Gasteiger charge is -2.04. The Bertz CT molecular complexity index is 790. The molecule has 0 N–H and O–H groups in total.